The molecular weight excluding hydrogens is 408 g/mol. The second kappa shape index (κ2) is 13.1. The Labute approximate surface area is 183 Å². The molecule has 0 saturated heterocycles. The third-order valence-corrected chi connectivity index (χ3v) is 4.56. The van der Waals surface area contributed by atoms with Crippen LogP contribution < -0.4 is 5.32 Å². The number of carbonyl (C=O) groups is 2. The van der Waals surface area contributed by atoms with Gasteiger partial charge in [-0.2, -0.15) is 8.78 Å². The van der Waals surface area contributed by atoms with Crippen LogP contribution in [0.3, 0.4) is 0 Å². The molecule has 1 aliphatic carbocycles. The third-order valence-electron chi connectivity index (χ3n) is 4.56. The molecule has 8 heteroatoms. The maximum Gasteiger partial charge on any atom is 0.387 e. The fourth-order valence-electron chi connectivity index (χ4n) is 3.30. The molecule has 1 N–H and O–H groups in total. The second-order valence-corrected chi connectivity index (χ2v) is 8.43. The summed E-state index contributed by atoms with van der Waals surface area (Å²) in [4.78, 5) is 23.8. The Kier molecular flexibility index (Phi) is 11.3. The van der Waals surface area contributed by atoms with E-state index in [9.17, 15) is 18.4 Å². The molecule has 0 aliphatic heterocycles. The summed E-state index contributed by atoms with van der Waals surface area (Å²) in [5, 5.41) is 3.17. The molecule has 0 saturated carbocycles. The van der Waals surface area contributed by atoms with Crippen molar-refractivity contribution in [2.24, 2.45) is 5.92 Å². The van der Waals surface area contributed by atoms with Crippen LogP contribution in [0.15, 0.2) is 35.3 Å². The van der Waals surface area contributed by atoms with Crippen molar-refractivity contribution in [2.75, 3.05) is 13.7 Å². The fourth-order valence-corrected chi connectivity index (χ4v) is 3.30. The van der Waals surface area contributed by atoms with Crippen molar-refractivity contribution in [1.29, 1.82) is 0 Å². The molecule has 176 valence electrons. The predicted molar refractivity (Wildman–Crippen MR) is 114 cm³/mol. The number of esters is 2. The Morgan fingerprint density at radius 3 is 2.55 bits per heavy atom. The van der Waals surface area contributed by atoms with Gasteiger partial charge in [0.1, 0.15) is 16.9 Å². The van der Waals surface area contributed by atoms with E-state index in [2.05, 4.69) is 21.7 Å². The molecule has 0 aromatic carbocycles. The summed E-state index contributed by atoms with van der Waals surface area (Å²) in [6.07, 6.45) is 8.96. The zero-order valence-corrected chi connectivity index (χ0v) is 19.1. The summed E-state index contributed by atoms with van der Waals surface area (Å²) in [6, 6.07) is 0. The van der Waals surface area contributed by atoms with Gasteiger partial charge in [-0.05, 0) is 58.4 Å². The van der Waals surface area contributed by atoms with E-state index in [-0.39, 0.29) is 17.3 Å². The predicted octanol–water partition coefficient (Wildman–Crippen LogP) is 5.01. The molecule has 1 aliphatic rings. The van der Waals surface area contributed by atoms with Gasteiger partial charge in [0.15, 0.2) is 0 Å². The topological polar surface area (TPSA) is 73.9 Å². The van der Waals surface area contributed by atoms with Crippen molar-refractivity contribution < 1.29 is 32.6 Å². The van der Waals surface area contributed by atoms with Gasteiger partial charge in [0, 0.05) is 24.7 Å². The molecule has 1 rings (SSSR count). The molecule has 0 aromatic heterocycles. The number of hydrogen-bond donors (Lipinski definition) is 1. The van der Waals surface area contributed by atoms with Gasteiger partial charge in [-0.25, -0.2) is 4.79 Å². The number of carbonyl (C=O) groups excluding carboxylic acids is 2. The van der Waals surface area contributed by atoms with Crippen molar-refractivity contribution in [3.05, 3.63) is 35.3 Å². The number of ether oxygens (including phenoxy) is 3. The Hall–Kier alpha value is -2.38. The highest BCUT2D eigenvalue weighted by molar-refractivity contribution is 5.93. The van der Waals surface area contributed by atoms with E-state index < -0.39 is 18.2 Å². The standard InChI is InChI=1S/C23H35F2NO5/c1-6-9-16(10-7-13-19(27)31-23(2,3)4)14-26-15-17-11-8-12-18(21(28)29-5)20(17)30-22(24)25/h8,12,15-16,22,26H,6-7,9-11,13-14H2,1-5H3/b17-15+. The van der Waals surface area contributed by atoms with Crippen molar-refractivity contribution in [1.82, 2.24) is 5.32 Å². The Morgan fingerprint density at radius 2 is 1.97 bits per heavy atom. The van der Waals surface area contributed by atoms with Crippen LogP contribution in [-0.4, -0.2) is 37.8 Å². The summed E-state index contributed by atoms with van der Waals surface area (Å²) < 4.78 is 40.4. The third kappa shape index (κ3) is 10.5. The van der Waals surface area contributed by atoms with Crippen molar-refractivity contribution in [3.8, 4) is 0 Å². The van der Waals surface area contributed by atoms with Gasteiger partial charge < -0.3 is 19.5 Å². The van der Waals surface area contributed by atoms with Crippen LogP contribution in [0.2, 0.25) is 0 Å². The van der Waals surface area contributed by atoms with Gasteiger partial charge in [0.05, 0.1) is 7.11 Å². The van der Waals surface area contributed by atoms with Crippen LogP contribution in [0.5, 0.6) is 0 Å². The van der Waals surface area contributed by atoms with Crippen molar-refractivity contribution in [2.45, 2.75) is 78.4 Å². The zero-order valence-electron chi connectivity index (χ0n) is 19.1. The summed E-state index contributed by atoms with van der Waals surface area (Å²) in [5.41, 5.74) is -0.0757. The Balaban J connectivity index is 2.71. The Bertz CT molecular complexity index is 693. The number of rotatable bonds is 12. The number of halogens is 2. The van der Waals surface area contributed by atoms with Gasteiger partial charge in [0.25, 0.3) is 0 Å². The fraction of sp³-hybridized carbons (Fsp3) is 0.652. The first kappa shape index (κ1) is 26.7. The van der Waals surface area contributed by atoms with Crippen LogP contribution in [0.25, 0.3) is 0 Å². The highest BCUT2D eigenvalue weighted by Gasteiger charge is 2.24. The molecule has 6 nitrogen and oxygen atoms in total. The summed E-state index contributed by atoms with van der Waals surface area (Å²) in [7, 11) is 1.19. The van der Waals surface area contributed by atoms with E-state index >= 15 is 0 Å². The zero-order chi connectivity index (χ0) is 23.4. The number of methoxy groups -OCH3 is 1. The molecule has 0 amide bonds. The van der Waals surface area contributed by atoms with E-state index in [0.29, 0.717) is 37.3 Å². The minimum atomic E-state index is -3.05. The highest BCUT2D eigenvalue weighted by Crippen LogP contribution is 2.28. The molecule has 0 aromatic rings. The molecule has 0 heterocycles. The lowest BCUT2D eigenvalue weighted by Gasteiger charge is -2.21. The quantitative estimate of drug-likeness (QED) is 0.427. The molecule has 1 atom stereocenters. The largest absolute Gasteiger partial charge is 0.465 e. The van der Waals surface area contributed by atoms with Gasteiger partial charge in [-0.15, -0.1) is 0 Å². The van der Waals surface area contributed by atoms with E-state index in [1.807, 2.05) is 20.8 Å². The smallest absolute Gasteiger partial charge is 0.387 e. The average Bonchev–Trinajstić information content (AvgIpc) is 2.66. The number of hydrogen-bond acceptors (Lipinski definition) is 6. The molecule has 0 spiro atoms. The first-order valence-corrected chi connectivity index (χ1v) is 10.7. The highest BCUT2D eigenvalue weighted by atomic mass is 19.3. The van der Waals surface area contributed by atoms with Gasteiger partial charge in [-0.3, -0.25) is 4.79 Å². The average molecular weight is 444 g/mol. The van der Waals surface area contributed by atoms with Crippen LogP contribution in [0.1, 0.15) is 66.2 Å². The van der Waals surface area contributed by atoms with Gasteiger partial charge in [-0.1, -0.05) is 19.4 Å². The van der Waals surface area contributed by atoms with Gasteiger partial charge >= 0.3 is 18.6 Å². The van der Waals surface area contributed by atoms with E-state index in [1.165, 1.54) is 13.2 Å². The van der Waals surface area contributed by atoms with Crippen LogP contribution >= 0.6 is 0 Å². The minimum absolute atomic E-state index is 0.0374. The summed E-state index contributed by atoms with van der Waals surface area (Å²) >= 11 is 0. The first-order valence-electron chi connectivity index (χ1n) is 10.7. The van der Waals surface area contributed by atoms with Crippen LogP contribution in [-0.2, 0) is 23.8 Å². The van der Waals surface area contributed by atoms with Crippen LogP contribution in [0, 0.1) is 5.92 Å². The molecule has 1 unspecified atom stereocenters. The normalized spacial score (nSPS) is 16.5. The van der Waals surface area contributed by atoms with E-state index in [0.717, 1.165) is 19.3 Å². The molecule has 0 bridgehead atoms. The summed E-state index contributed by atoms with van der Waals surface area (Å²) in [5.74, 6) is -0.801. The molecule has 31 heavy (non-hydrogen) atoms. The molecule has 0 radical (unpaired) electrons. The molecule has 0 fully saturated rings. The van der Waals surface area contributed by atoms with E-state index in [4.69, 9.17) is 4.74 Å². The first-order chi connectivity index (χ1) is 14.6. The number of allylic oxidation sites excluding steroid dienone is 2. The van der Waals surface area contributed by atoms with Crippen molar-refractivity contribution >= 4 is 11.9 Å². The monoisotopic (exact) mass is 443 g/mol. The lowest BCUT2D eigenvalue weighted by Crippen LogP contribution is -2.24. The molecular formula is C23H35F2NO5. The SMILES string of the molecule is CCCC(CCCC(=O)OC(C)(C)C)CN/C=C1\CC=CC(C(=O)OC)=C1OC(F)F. The minimum Gasteiger partial charge on any atom is -0.465 e. The maximum atomic E-state index is 12.9. The lowest BCUT2D eigenvalue weighted by molar-refractivity contribution is -0.155. The van der Waals surface area contributed by atoms with E-state index in [1.54, 1.807) is 12.3 Å². The Morgan fingerprint density at radius 1 is 1.26 bits per heavy atom. The lowest BCUT2D eigenvalue weighted by atomic mass is 9.96. The van der Waals surface area contributed by atoms with Crippen molar-refractivity contribution in [3.63, 3.8) is 0 Å². The van der Waals surface area contributed by atoms with Crippen LogP contribution in [0.4, 0.5) is 8.78 Å². The second-order valence-electron chi connectivity index (χ2n) is 8.43. The maximum absolute atomic E-state index is 12.9. The number of nitrogens with one attached hydrogen (secondary N) is 1. The van der Waals surface area contributed by atoms with Gasteiger partial charge in [0.2, 0.25) is 0 Å². The summed E-state index contributed by atoms with van der Waals surface area (Å²) in [6.45, 7) is 5.18. The number of alkyl halides is 2.